The second-order valence-corrected chi connectivity index (χ2v) is 8.18. The molecular formula is C19H22ClNO4S. The Morgan fingerprint density at radius 1 is 1.04 bits per heavy atom. The summed E-state index contributed by atoms with van der Waals surface area (Å²) in [5.74, 6) is 0.534. The lowest BCUT2D eigenvalue weighted by molar-refractivity contribution is -1.92. The second kappa shape index (κ2) is 8.27. The van der Waals surface area contributed by atoms with Gasteiger partial charge in [-0.2, -0.15) is 14.0 Å². The summed E-state index contributed by atoms with van der Waals surface area (Å²) in [7, 11) is -4.69. The van der Waals surface area contributed by atoms with Gasteiger partial charge in [-0.25, -0.2) is 0 Å². The molecule has 2 aliphatic heterocycles. The summed E-state index contributed by atoms with van der Waals surface area (Å²) < 4.78 is 32.7. The van der Waals surface area contributed by atoms with E-state index >= 15 is 0 Å². The van der Waals surface area contributed by atoms with Crippen molar-refractivity contribution in [2.75, 3.05) is 19.3 Å². The van der Waals surface area contributed by atoms with Crippen LogP contribution >= 0.6 is 11.8 Å². The van der Waals surface area contributed by atoms with E-state index in [2.05, 4.69) is 59.7 Å². The van der Waals surface area contributed by atoms with E-state index in [9.17, 15) is 0 Å². The number of halogens is 1. The maximum absolute atomic E-state index is 8.60. The van der Waals surface area contributed by atoms with E-state index in [4.69, 9.17) is 18.6 Å². The van der Waals surface area contributed by atoms with Crippen LogP contribution in [0.5, 0.6) is 0 Å². The van der Waals surface area contributed by atoms with Gasteiger partial charge < -0.3 is 0 Å². The lowest BCUT2D eigenvalue weighted by Gasteiger charge is -2.37. The summed E-state index contributed by atoms with van der Waals surface area (Å²) in [6.07, 6.45) is 4.81. The van der Waals surface area contributed by atoms with Crippen molar-refractivity contribution in [2.24, 2.45) is 0 Å². The fraction of sp³-hybridized carbons (Fsp3) is 0.368. The van der Waals surface area contributed by atoms with Crippen LogP contribution in [0.3, 0.4) is 0 Å². The van der Waals surface area contributed by atoms with E-state index in [1.54, 1.807) is 11.1 Å². The van der Waals surface area contributed by atoms with Crippen molar-refractivity contribution in [2.45, 2.75) is 29.7 Å². The summed E-state index contributed by atoms with van der Waals surface area (Å²) in [6.45, 7) is 2.44. The largest absolute Gasteiger partial charge is 0.295 e. The van der Waals surface area contributed by atoms with Crippen molar-refractivity contribution >= 4 is 11.8 Å². The Kier molecular flexibility index (Phi) is 6.25. The standard InChI is InChI=1S/C19H21NS.ClHO4/c1-21-15-10-8-14(9-11-15)18-13-20-12-4-7-19(20)17-6-3-2-5-16(17)18;2-1(3,4)5/h2-3,5-6,8-11,18-19H,4,7,12-13H2,1H3;(H,2,3,4,5). The molecule has 0 aromatic heterocycles. The van der Waals surface area contributed by atoms with Crippen LogP contribution in [0, 0.1) is 10.2 Å². The summed E-state index contributed by atoms with van der Waals surface area (Å²) in [5.41, 5.74) is 4.59. The van der Waals surface area contributed by atoms with Gasteiger partial charge in [-0.05, 0) is 54.5 Å². The van der Waals surface area contributed by atoms with Gasteiger partial charge in [0.15, 0.2) is 0 Å². The molecule has 2 aromatic carbocycles. The molecule has 7 heteroatoms. The molecule has 1 fully saturated rings. The molecule has 0 bridgehead atoms. The Morgan fingerprint density at radius 2 is 1.65 bits per heavy atom. The monoisotopic (exact) mass is 395 g/mol. The number of benzene rings is 2. The number of hydrogen-bond donors (Lipinski definition) is 1. The predicted molar refractivity (Wildman–Crippen MR) is 92.3 cm³/mol. The summed E-state index contributed by atoms with van der Waals surface area (Å²) >= 11 is 1.81. The highest BCUT2D eigenvalue weighted by molar-refractivity contribution is 7.98. The highest BCUT2D eigenvalue weighted by Crippen LogP contribution is 2.44. The topological polar surface area (TPSA) is 92.7 Å². The smallest absolute Gasteiger partial charge is 0.0777 e. The molecule has 1 N–H and O–H groups in total. The van der Waals surface area contributed by atoms with E-state index in [0.29, 0.717) is 12.0 Å². The molecule has 0 amide bonds. The molecular weight excluding hydrogens is 374 g/mol. The van der Waals surface area contributed by atoms with Crippen molar-refractivity contribution in [3.05, 3.63) is 65.2 Å². The number of hydrogen-bond acceptors (Lipinski definition) is 6. The fourth-order valence-electron chi connectivity index (χ4n) is 3.98. The summed E-state index contributed by atoms with van der Waals surface area (Å²) in [6, 6.07) is 18.9. The van der Waals surface area contributed by atoms with E-state index in [1.165, 1.54) is 36.4 Å². The second-order valence-electron chi connectivity index (χ2n) is 6.50. The van der Waals surface area contributed by atoms with Gasteiger partial charge in [-0.15, -0.1) is 11.8 Å². The Morgan fingerprint density at radius 3 is 2.27 bits per heavy atom. The third-order valence-electron chi connectivity index (χ3n) is 5.03. The van der Waals surface area contributed by atoms with Crippen molar-refractivity contribution in [3.63, 3.8) is 0 Å². The number of nitrogens with zero attached hydrogens (tertiary/aromatic N) is 1. The predicted octanol–water partition coefficient (Wildman–Crippen LogP) is 0.567. The zero-order chi connectivity index (χ0) is 18.7. The third-order valence-corrected chi connectivity index (χ3v) is 5.77. The van der Waals surface area contributed by atoms with Gasteiger partial charge >= 0.3 is 0 Å². The highest BCUT2D eigenvalue weighted by atomic mass is 35.7. The molecule has 0 saturated carbocycles. The minimum Gasteiger partial charge on any atom is -0.295 e. The molecule has 140 valence electrons. The first-order valence-corrected chi connectivity index (χ1v) is 11.0. The molecule has 2 atom stereocenters. The van der Waals surface area contributed by atoms with Crippen molar-refractivity contribution in [3.8, 4) is 0 Å². The van der Waals surface area contributed by atoms with Crippen molar-refractivity contribution in [1.82, 2.24) is 4.90 Å². The highest BCUT2D eigenvalue weighted by Gasteiger charge is 2.35. The molecule has 1 saturated heterocycles. The van der Waals surface area contributed by atoms with Gasteiger partial charge in [0.2, 0.25) is 0 Å². The van der Waals surface area contributed by atoms with Gasteiger partial charge in [0.25, 0.3) is 0 Å². The average Bonchev–Trinajstić information content (AvgIpc) is 3.08. The van der Waals surface area contributed by atoms with Crippen LogP contribution in [-0.2, 0) is 0 Å². The molecule has 26 heavy (non-hydrogen) atoms. The molecule has 0 radical (unpaired) electrons. The van der Waals surface area contributed by atoms with E-state index in [0.717, 1.165) is 0 Å². The molecule has 2 unspecified atom stereocenters. The first-order chi connectivity index (χ1) is 12.4. The Bertz CT molecular complexity index is 729. The molecule has 2 aromatic rings. The maximum atomic E-state index is 8.60. The maximum Gasteiger partial charge on any atom is 0.0777 e. The van der Waals surface area contributed by atoms with E-state index in [1.807, 2.05) is 11.8 Å². The number of rotatable bonds is 2. The zero-order valence-electron chi connectivity index (χ0n) is 14.5. The molecule has 0 aliphatic carbocycles. The Labute approximate surface area is 160 Å². The molecule has 4 rings (SSSR count). The average molecular weight is 396 g/mol. The summed E-state index contributed by atoms with van der Waals surface area (Å²) in [4.78, 5) is 4.04. The van der Waals surface area contributed by atoms with E-state index < -0.39 is 10.2 Å². The minimum atomic E-state index is -4.69. The lowest BCUT2D eigenvalue weighted by Crippen LogP contribution is -2.58. The van der Waals surface area contributed by atoms with Crippen LogP contribution in [-0.4, -0.2) is 28.9 Å². The number of fused-ring (bicyclic) bond motifs is 3. The fourth-order valence-corrected chi connectivity index (χ4v) is 4.39. The van der Waals surface area contributed by atoms with Gasteiger partial charge in [-0.3, -0.25) is 4.90 Å². The van der Waals surface area contributed by atoms with Gasteiger partial charge in [0.1, 0.15) is 0 Å². The van der Waals surface area contributed by atoms with Crippen molar-refractivity contribution < 1.29 is 28.9 Å². The van der Waals surface area contributed by atoms with Crippen LogP contribution in [0.25, 0.3) is 0 Å². The van der Waals surface area contributed by atoms with Gasteiger partial charge in [0, 0.05) is 23.4 Å². The first kappa shape index (κ1) is 19.6. The molecule has 0 spiro atoms. The quantitative estimate of drug-likeness (QED) is 0.747. The number of thioether (sulfide) groups is 1. The van der Waals surface area contributed by atoms with Crippen molar-refractivity contribution in [1.29, 1.82) is 0 Å². The van der Waals surface area contributed by atoms with Gasteiger partial charge in [0.05, 0.1) is 14.9 Å². The Hall–Kier alpha value is -1.12. The Balaban J connectivity index is 0.000000349. The minimum absolute atomic E-state index is 0.534. The van der Waals surface area contributed by atoms with Crippen LogP contribution in [0.2, 0.25) is 0 Å². The molecule has 2 aliphatic rings. The molecule has 5 nitrogen and oxygen atoms in total. The van der Waals surface area contributed by atoms with Crippen LogP contribution in [0.4, 0.5) is 0 Å². The summed E-state index contributed by atoms with van der Waals surface area (Å²) in [5, 5.41) is 0. The van der Waals surface area contributed by atoms with Crippen LogP contribution in [0.1, 0.15) is 41.5 Å². The third kappa shape index (κ3) is 4.78. The van der Waals surface area contributed by atoms with Crippen LogP contribution < -0.4 is 14.0 Å². The SMILES string of the molecule is CSc1ccc(C2CN3CCCC3c3ccccc32)cc1.[O-][Cl+3]([O-])([O-])O. The lowest BCUT2D eigenvalue weighted by atomic mass is 9.82. The van der Waals surface area contributed by atoms with Crippen LogP contribution in [0.15, 0.2) is 53.4 Å². The first-order valence-electron chi connectivity index (χ1n) is 8.47. The van der Waals surface area contributed by atoms with E-state index in [-0.39, 0.29) is 0 Å². The normalized spacial score (nSPS) is 22.2. The molecule has 2 heterocycles. The van der Waals surface area contributed by atoms with Gasteiger partial charge in [-0.1, -0.05) is 36.4 Å². The zero-order valence-corrected chi connectivity index (χ0v) is 16.1.